The van der Waals surface area contributed by atoms with Crippen LogP contribution in [0.15, 0.2) is 40.5 Å². The molecule has 3 aliphatic heterocycles. The summed E-state index contributed by atoms with van der Waals surface area (Å²) < 4.78 is 0. The van der Waals surface area contributed by atoms with Gasteiger partial charge in [-0.05, 0) is 24.7 Å². The summed E-state index contributed by atoms with van der Waals surface area (Å²) in [6.45, 7) is 3.88. The van der Waals surface area contributed by atoms with Crippen LogP contribution in [0.4, 0.5) is 0 Å². The Labute approximate surface area is 140 Å². The maximum atomic E-state index is 13.0. The molecule has 0 bridgehead atoms. The number of carbonyl (C=O) groups is 1. The molecule has 0 atom stereocenters. The number of amides is 1. The van der Waals surface area contributed by atoms with Crippen molar-refractivity contribution in [3.8, 4) is 0 Å². The minimum atomic E-state index is 0.0957. The fourth-order valence-electron chi connectivity index (χ4n) is 3.47. The molecule has 0 radical (unpaired) electrons. The van der Waals surface area contributed by atoms with E-state index in [-0.39, 0.29) is 5.91 Å². The second-order valence-corrected chi connectivity index (χ2v) is 6.70. The number of aliphatic imine (C=N–C) groups is 1. The average Bonchev–Trinajstić information content (AvgIpc) is 3.02. The number of carbonyl (C=O) groups excluding carboxylic acids is 1. The van der Waals surface area contributed by atoms with E-state index < -0.39 is 0 Å². The Bertz CT molecular complexity index is 710. The van der Waals surface area contributed by atoms with Crippen molar-refractivity contribution >= 4 is 23.5 Å². The molecule has 1 amide bonds. The molecule has 4 rings (SSSR count). The van der Waals surface area contributed by atoms with Crippen molar-refractivity contribution in [2.75, 3.05) is 33.2 Å². The van der Waals surface area contributed by atoms with Crippen LogP contribution < -0.4 is 0 Å². The van der Waals surface area contributed by atoms with E-state index in [1.807, 2.05) is 29.2 Å². The van der Waals surface area contributed by atoms with Crippen LogP contribution >= 0.6 is 11.6 Å². The lowest BCUT2D eigenvalue weighted by Crippen LogP contribution is -2.53. The number of likely N-dealkylation sites (N-methyl/N-ethyl adjacent to an activating group) is 1. The number of guanidine groups is 1. The van der Waals surface area contributed by atoms with Crippen molar-refractivity contribution < 1.29 is 4.79 Å². The van der Waals surface area contributed by atoms with Crippen molar-refractivity contribution in [3.05, 3.63) is 46.1 Å². The van der Waals surface area contributed by atoms with Gasteiger partial charge in [0.05, 0.1) is 18.7 Å². The van der Waals surface area contributed by atoms with Crippen LogP contribution in [0.5, 0.6) is 0 Å². The maximum Gasteiger partial charge on any atom is 0.259 e. The fraction of sp³-hybridized carbons (Fsp3) is 0.412. The van der Waals surface area contributed by atoms with Crippen molar-refractivity contribution in [2.24, 2.45) is 4.99 Å². The van der Waals surface area contributed by atoms with E-state index in [2.05, 4.69) is 21.8 Å². The monoisotopic (exact) mass is 330 g/mol. The van der Waals surface area contributed by atoms with E-state index in [9.17, 15) is 4.79 Å². The van der Waals surface area contributed by atoms with E-state index in [0.29, 0.717) is 11.6 Å². The first-order valence-corrected chi connectivity index (χ1v) is 8.30. The molecule has 120 valence electrons. The Balaban J connectivity index is 1.68. The second-order valence-electron chi connectivity index (χ2n) is 6.26. The lowest BCUT2D eigenvalue weighted by molar-refractivity contribution is -0.125. The second kappa shape index (κ2) is 5.65. The lowest BCUT2D eigenvalue weighted by Gasteiger charge is -2.41. The van der Waals surface area contributed by atoms with Gasteiger partial charge in [-0.1, -0.05) is 23.7 Å². The van der Waals surface area contributed by atoms with E-state index in [0.717, 1.165) is 49.7 Å². The molecule has 5 nitrogen and oxygen atoms in total. The van der Waals surface area contributed by atoms with Crippen molar-refractivity contribution in [1.82, 2.24) is 14.7 Å². The van der Waals surface area contributed by atoms with Crippen LogP contribution in [0.1, 0.15) is 12.0 Å². The highest BCUT2D eigenvalue weighted by Gasteiger charge is 2.40. The number of nitrogens with zero attached hydrogens (tertiary/aromatic N) is 4. The highest BCUT2D eigenvalue weighted by molar-refractivity contribution is 6.30. The van der Waals surface area contributed by atoms with E-state index in [4.69, 9.17) is 11.6 Å². The van der Waals surface area contributed by atoms with Crippen molar-refractivity contribution in [2.45, 2.75) is 13.0 Å². The summed E-state index contributed by atoms with van der Waals surface area (Å²) in [7, 11) is 2.06. The molecule has 6 heteroatoms. The van der Waals surface area contributed by atoms with Gasteiger partial charge < -0.3 is 9.80 Å². The molecule has 0 saturated heterocycles. The molecule has 0 unspecified atom stereocenters. The van der Waals surface area contributed by atoms with Gasteiger partial charge in [0.25, 0.3) is 5.91 Å². The van der Waals surface area contributed by atoms with Gasteiger partial charge in [-0.2, -0.15) is 0 Å². The van der Waals surface area contributed by atoms with Gasteiger partial charge in [-0.3, -0.25) is 14.7 Å². The molecule has 0 aromatic heterocycles. The highest BCUT2D eigenvalue weighted by Crippen LogP contribution is 2.31. The molecule has 3 aliphatic rings. The van der Waals surface area contributed by atoms with Crippen LogP contribution in [0.25, 0.3) is 0 Å². The van der Waals surface area contributed by atoms with Crippen LogP contribution in [0.3, 0.4) is 0 Å². The number of halogens is 1. The largest absolute Gasteiger partial charge is 0.314 e. The first-order chi connectivity index (χ1) is 11.1. The SMILES string of the molecule is CN1CCC2=C(C1)C(=O)N(Cc1ccc(Cl)cc1)C1=NCCN12. The van der Waals surface area contributed by atoms with Crippen molar-refractivity contribution in [1.29, 1.82) is 0 Å². The number of hydrogen-bond acceptors (Lipinski definition) is 4. The molecular formula is C17H19ClN4O. The third-order valence-corrected chi connectivity index (χ3v) is 4.90. The van der Waals surface area contributed by atoms with Crippen LogP contribution in [0, 0.1) is 0 Å². The summed E-state index contributed by atoms with van der Waals surface area (Å²) in [6.07, 6.45) is 0.922. The molecule has 0 spiro atoms. The summed E-state index contributed by atoms with van der Waals surface area (Å²) in [5, 5.41) is 0.706. The summed E-state index contributed by atoms with van der Waals surface area (Å²) in [6, 6.07) is 7.65. The van der Waals surface area contributed by atoms with E-state index >= 15 is 0 Å². The van der Waals surface area contributed by atoms with Crippen LogP contribution in [-0.2, 0) is 11.3 Å². The predicted molar refractivity (Wildman–Crippen MR) is 90.2 cm³/mol. The number of hydrogen-bond donors (Lipinski definition) is 0. The molecule has 3 heterocycles. The summed E-state index contributed by atoms with van der Waals surface area (Å²) in [4.78, 5) is 23.9. The van der Waals surface area contributed by atoms with Gasteiger partial charge in [0.15, 0.2) is 0 Å². The molecule has 0 saturated carbocycles. The number of rotatable bonds is 2. The van der Waals surface area contributed by atoms with Crippen molar-refractivity contribution in [3.63, 3.8) is 0 Å². The standard InChI is InChI=1S/C17H19ClN4O/c1-20-8-6-15-14(11-20)16(23)22(17-19-7-9-21(15)17)10-12-2-4-13(18)5-3-12/h2-5H,6-11H2,1H3. The average molecular weight is 331 g/mol. The Kier molecular flexibility index (Phi) is 3.62. The minimum absolute atomic E-state index is 0.0957. The number of benzene rings is 1. The van der Waals surface area contributed by atoms with E-state index in [1.54, 1.807) is 0 Å². The molecule has 0 aliphatic carbocycles. The van der Waals surface area contributed by atoms with Gasteiger partial charge in [-0.15, -0.1) is 0 Å². The maximum absolute atomic E-state index is 13.0. The predicted octanol–water partition coefficient (Wildman–Crippen LogP) is 1.94. The Morgan fingerprint density at radius 3 is 2.78 bits per heavy atom. The smallest absolute Gasteiger partial charge is 0.259 e. The summed E-state index contributed by atoms with van der Waals surface area (Å²) in [5.74, 6) is 0.909. The summed E-state index contributed by atoms with van der Waals surface area (Å²) in [5.41, 5.74) is 3.16. The van der Waals surface area contributed by atoms with E-state index in [1.165, 1.54) is 5.70 Å². The topological polar surface area (TPSA) is 39.2 Å². The quantitative estimate of drug-likeness (QED) is 0.832. The van der Waals surface area contributed by atoms with Crippen LogP contribution in [-0.4, -0.2) is 59.8 Å². The van der Waals surface area contributed by atoms with Gasteiger partial charge in [0.1, 0.15) is 0 Å². The zero-order valence-corrected chi connectivity index (χ0v) is 13.9. The first-order valence-electron chi connectivity index (χ1n) is 7.92. The Hall–Kier alpha value is -1.85. The molecule has 1 aromatic rings. The third-order valence-electron chi connectivity index (χ3n) is 4.65. The zero-order chi connectivity index (χ0) is 16.0. The minimum Gasteiger partial charge on any atom is -0.314 e. The molecule has 23 heavy (non-hydrogen) atoms. The molecule has 0 N–H and O–H groups in total. The van der Waals surface area contributed by atoms with Gasteiger partial charge >= 0.3 is 0 Å². The Morgan fingerprint density at radius 1 is 1.22 bits per heavy atom. The number of fused-ring (bicyclic) bond motifs is 2. The lowest BCUT2D eigenvalue weighted by atomic mass is 10.0. The normalized spacial score (nSPS) is 21.5. The molecular weight excluding hydrogens is 312 g/mol. The first kappa shape index (κ1) is 14.7. The molecule has 0 fully saturated rings. The van der Waals surface area contributed by atoms with Gasteiger partial charge in [-0.25, -0.2) is 0 Å². The zero-order valence-electron chi connectivity index (χ0n) is 13.1. The third kappa shape index (κ3) is 2.54. The van der Waals surface area contributed by atoms with Gasteiger partial charge in [0, 0.05) is 36.8 Å². The summed E-state index contributed by atoms with van der Waals surface area (Å²) >= 11 is 5.95. The van der Waals surface area contributed by atoms with Gasteiger partial charge in [0.2, 0.25) is 5.96 Å². The Morgan fingerprint density at radius 2 is 2.00 bits per heavy atom. The fourth-order valence-corrected chi connectivity index (χ4v) is 3.59. The molecule has 1 aromatic carbocycles. The van der Waals surface area contributed by atoms with Crippen LogP contribution in [0.2, 0.25) is 5.02 Å². The highest BCUT2D eigenvalue weighted by atomic mass is 35.5.